The highest BCUT2D eigenvalue weighted by Crippen LogP contribution is 2.11. The van der Waals surface area contributed by atoms with E-state index in [1.54, 1.807) is 19.9 Å². The van der Waals surface area contributed by atoms with E-state index in [9.17, 15) is 9.59 Å². The van der Waals surface area contributed by atoms with Gasteiger partial charge in [-0.1, -0.05) is 31.9 Å². The third-order valence-electron chi connectivity index (χ3n) is 2.14. The van der Waals surface area contributed by atoms with Crippen LogP contribution in [0.4, 0.5) is 0 Å². The molecular formula is C13H22O4. The molecule has 0 aromatic carbocycles. The molecule has 0 aliphatic heterocycles. The molecule has 0 saturated carbocycles. The number of hydrogen-bond acceptors (Lipinski definition) is 3. The molecule has 0 amide bonds. The van der Waals surface area contributed by atoms with Gasteiger partial charge in [0, 0.05) is 0 Å². The van der Waals surface area contributed by atoms with Crippen LogP contribution in [0.15, 0.2) is 12.2 Å². The van der Waals surface area contributed by atoms with Crippen molar-refractivity contribution < 1.29 is 19.4 Å². The third-order valence-corrected chi connectivity index (χ3v) is 2.14. The Labute approximate surface area is 103 Å². The summed E-state index contributed by atoms with van der Waals surface area (Å²) in [6.45, 7) is 5.57. The van der Waals surface area contributed by atoms with Crippen LogP contribution in [0.3, 0.4) is 0 Å². The highest BCUT2D eigenvalue weighted by atomic mass is 16.5. The summed E-state index contributed by atoms with van der Waals surface area (Å²) in [4.78, 5) is 22.3. The van der Waals surface area contributed by atoms with Gasteiger partial charge in [-0.15, -0.1) is 0 Å². The van der Waals surface area contributed by atoms with Crippen molar-refractivity contribution in [2.75, 3.05) is 0 Å². The van der Waals surface area contributed by atoms with Crippen LogP contribution in [0.2, 0.25) is 0 Å². The Morgan fingerprint density at radius 2 is 2.00 bits per heavy atom. The largest absolute Gasteiger partial charge is 0.481 e. The van der Waals surface area contributed by atoms with E-state index in [1.165, 1.54) is 0 Å². The number of carboxylic acids is 1. The number of allylic oxidation sites excluding steroid dienone is 1. The Bertz CT molecular complexity index is 269. The molecule has 4 heteroatoms. The number of hydrogen-bond donors (Lipinski definition) is 1. The molecule has 98 valence electrons. The van der Waals surface area contributed by atoms with Crippen LogP contribution in [0.25, 0.3) is 0 Å². The van der Waals surface area contributed by atoms with E-state index >= 15 is 0 Å². The van der Waals surface area contributed by atoms with Crippen molar-refractivity contribution in [3.8, 4) is 0 Å². The first-order chi connectivity index (χ1) is 7.97. The Hall–Kier alpha value is -1.32. The monoisotopic (exact) mass is 242 g/mol. The van der Waals surface area contributed by atoms with Crippen molar-refractivity contribution in [1.82, 2.24) is 0 Å². The van der Waals surface area contributed by atoms with Crippen molar-refractivity contribution in [3.63, 3.8) is 0 Å². The topological polar surface area (TPSA) is 63.6 Å². The Kier molecular flexibility index (Phi) is 8.11. The number of carbonyl (C=O) groups excluding carboxylic acids is 1. The molecule has 0 spiro atoms. The predicted octanol–water partition coefficient (Wildman–Crippen LogP) is 2.78. The summed E-state index contributed by atoms with van der Waals surface area (Å²) in [5.74, 6) is -2.13. The number of carboxylic acid groups (broad SMARTS) is 1. The number of ether oxygens (including phenoxy) is 1. The first kappa shape index (κ1) is 15.7. The molecule has 4 nitrogen and oxygen atoms in total. The van der Waals surface area contributed by atoms with E-state index in [4.69, 9.17) is 9.84 Å². The lowest BCUT2D eigenvalue weighted by atomic mass is 10.0. The van der Waals surface area contributed by atoms with E-state index in [1.807, 2.05) is 6.08 Å². The van der Waals surface area contributed by atoms with Crippen LogP contribution in [0.1, 0.15) is 46.5 Å². The first-order valence-corrected chi connectivity index (χ1v) is 6.06. The van der Waals surface area contributed by atoms with E-state index < -0.39 is 17.9 Å². The molecule has 1 unspecified atom stereocenters. The van der Waals surface area contributed by atoms with Gasteiger partial charge in [0.2, 0.25) is 0 Å². The second kappa shape index (κ2) is 8.79. The lowest BCUT2D eigenvalue weighted by Crippen LogP contribution is -2.22. The zero-order valence-electron chi connectivity index (χ0n) is 10.8. The number of rotatable bonds is 8. The van der Waals surface area contributed by atoms with Crippen molar-refractivity contribution in [2.45, 2.75) is 52.6 Å². The van der Waals surface area contributed by atoms with Gasteiger partial charge < -0.3 is 9.84 Å². The molecule has 0 fully saturated rings. The molecule has 1 atom stereocenters. The molecule has 0 aromatic heterocycles. The molecule has 0 aliphatic carbocycles. The van der Waals surface area contributed by atoms with Crippen molar-refractivity contribution in [2.24, 2.45) is 5.92 Å². The van der Waals surface area contributed by atoms with Crippen LogP contribution in [-0.4, -0.2) is 23.1 Å². The van der Waals surface area contributed by atoms with Gasteiger partial charge in [0.25, 0.3) is 0 Å². The summed E-state index contributed by atoms with van der Waals surface area (Å²) >= 11 is 0. The Balaban J connectivity index is 4.36. The summed E-state index contributed by atoms with van der Waals surface area (Å²) in [6.07, 6.45) is 6.05. The van der Waals surface area contributed by atoms with Crippen LogP contribution in [0, 0.1) is 5.92 Å². The summed E-state index contributed by atoms with van der Waals surface area (Å²) in [5, 5.41) is 8.73. The maximum Gasteiger partial charge on any atom is 0.313 e. The summed E-state index contributed by atoms with van der Waals surface area (Å²) in [5.41, 5.74) is 0. The standard InChI is InChI=1S/C13H22O4/c1-4-5-6-7-8-11(9-12(14)15)13(16)17-10(2)3/h7-8,10-11H,4-6,9H2,1-3H3,(H,14,15). The SMILES string of the molecule is CCCCC=CC(CC(=O)O)C(=O)OC(C)C. The minimum Gasteiger partial charge on any atom is -0.481 e. The number of aliphatic carboxylic acids is 1. The number of carbonyl (C=O) groups is 2. The molecule has 0 aliphatic rings. The zero-order chi connectivity index (χ0) is 13.3. The second-order valence-corrected chi connectivity index (χ2v) is 4.26. The van der Waals surface area contributed by atoms with Gasteiger partial charge in [-0.3, -0.25) is 9.59 Å². The van der Waals surface area contributed by atoms with E-state index in [0.29, 0.717) is 0 Å². The average molecular weight is 242 g/mol. The zero-order valence-corrected chi connectivity index (χ0v) is 10.8. The predicted molar refractivity (Wildman–Crippen MR) is 65.6 cm³/mol. The Morgan fingerprint density at radius 1 is 1.35 bits per heavy atom. The quantitative estimate of drug-likeness (QED) is 0.404. The lowest BCUT2D eigenvalue weighted by Gasteiger charge is -2.13. The van der Waals surface area contributed by atoms with Gasteiger partial charge in [-0.25, -0.2) is 0 Å². The molecule has 0 aromatic rings. The summed E-state index contributed by atoms with van der Waals surface area (Å²) < 4.78 is 5.02. The molecular weight excluding hydrogens is 220 g/mol. The fourth-order valence-corrected chi connectivity index (χ4v) is 1.32. The number of esters is 1. The Morgan fingerprint density at radius 3 is 2.47 bits per heavy atom. The minimum atomic E-state index is -0.990. The van der Waals surface area contributed by atoms with Gasteiger partial charge in [0.05, 0.1) is 18.4 Å². The van der Waals surface area contributed by atoms with Crippen LogP contribution < -0.4 is 0 Å². The van der Waals surface area contributed by atoms with Gasteiger partial charge >= 0.3 is 11.9 Å². The van der Waals surface area contributed by atoms with Crippen LogP contribution in [-0.2, 0) is 14.3 Å². The second-order valence-electron chi connectivity index (χ2n) is 4.26. The van der Waals surface area contributed by atoms with Gasteiger partial charge in [-0.05, 0) is 20.3 Å². The highest BCUT2D eigenvalue weighted by molar-refractivity contribution is 5.80. The average Bonchev–Trinajstić information content (AvgIpc) is 2.21. The highest BCUT2D eigenvalue weighted by Gasteiger charge is 2.21. The third kappa shape index (κ3) is 8.48. The van der Waals surface area contributed by atoms with Crippen molar-refractivity contribution in [3.05, 3.63) is 12.2 Å². The van der Waals surface area contributed by atoms with Gasteiger partial charge in [0.1, 0.15) is 0 Å². The molecule has 0 rings (SSSR count). The van der Waals surface area contributed by atoms with E-state index in [-0.39, 0.29) is 12.5 Å². The molecule has 0 saturated heterocycles. The molecule has 17 heavy (non-hydrogen) atoms. The van der Waals surface area contributed by atoms with E-state index in [0.717, 1.165) is 19.3 Å². The first-order valence-electron chi connectivity index (χ1n) is 6.06. The summed E-state index contributed by atoms with van der Waals surface area (Å²) in [7, 11) is 0. The normalized spacial score (nSPS) is 12.9. The molecule has 1 N–H and O–H groups in total. The molecule has 0 heterocycles. The summed E-state index contributed by atoms with van der Waals surface area (Å²) in [6, 6.07) is 0. The van der Waals surface area contributed by atoms with E-state index in [2.05, 4.69) is 6.92 Å². The van der Waals surface area contributed by atoms with Gasteiger partial charge in [0.15, 0.2) is 0 Å². The number of unbranched alkanes of at least 4 members (excludes halogenated alkanes) is 2. The fourth-order valence-electron chi connectivity index (χ4n) is 1.32. The van der Waals surface area contributed by atoms with Gasteiger partial charge in [-0.2, -0.15) is 0 Å². The smallest absolute Gasteiger partial charge is 0.313 e. The fraction of sp³-hybridized carbons (Fsp3) is 0.692. The molecule has 0 radical (unpaired) electrons. The lowest BCUT2D eigenvalue weighted by molar-refractivity contribution is -0.154. The van der Waals surface area contributed by atoms with Crippen molar-refractivity contribution in [1.29, 1.82) is 0 Å². The maximum absolute atomic E-state index is 11.6. The van der Waals surface area contributed by atoms with Crippen molar-refractivity contribution >= 4 is 11.9 Å². The molecule has 0 bridgehead atoms. The maximum atomic E-state index is 11.6. The van der Waals surface area contributed by atoms with Crippen LogP contribution in [0.5, 0.6) is 0 Å². The minimum absolute atomic E-state index is 0.214. The van der Waals surface area contributed by atoms with Crippen LogP contribution >= 0.6 is 0 Å².